The smallest absolute Gasteiger partial charge is 0.127 e. The van der Waals surface area contributed by atoms with Crippen LogP contribution < -0.4 is 4.74 Å². The van der Waals surface area contributed by atoms with Gasteiger partial charge < -0.3 is 9.84 Å². The van der Waals surface area contributed by atoms with E-state index in [1.807, 2.05) is 69.6 Å². The number of ether oxygens (including phenoxy) is 1. The van der Waals surface area contributed by atoms with Crippen LogP contribution in [0.5, 0.6) is 5.75 Å². The number of hydrogen-bond donors (Lipinski definition) is 1. The second kappa shape index (κ2) is 7.64. The van der Waals surface area contributed by atoms with Crippen molar-refractivity contribution in [3.63, 3.8) is 0 Å². The molecule has 0 saturated carbocycles. The Morgan fingerprint density at radius 2 is 1.76 bits per heavy atom. The summed E-state index contributed by atoms with van der Waals surface area (Å²) in [7, 11) is 1.90. The lowest BCUT2D eigenvalue weighted by Gasteiger charge is -2.17. The van der Waals surface area contributed by atoms with Crippen LogP contribution in [0.2, 0.25) is 0 Å². The van der Waals surface area contributed by atoms with Gasteiger partial charge in [-0.1, -0.05) is 30.3 Å². The van der Waals surface area contributed by atoms with Crippen molar-refractivity contribution in [2.24, 2.45) is 7.05 Å². The quantitative estimate of drug-likeness (QED) is 0.543. The van der Waals surface area contributed by atoms with Crippen molar-refractivity contribution < 1.29 is 9.84 Å². The van der Waals surface area contributed by atoms with Crippen LogP contribution >= 0.6 is 0 Å². The Labute approximate surface area is 169 Å². The highest BCUT2D eigenvalue weighted by Crippen LogP contribution is 2.37. The molecular weight excluding hydrogens is 364 g/mol. The average molecular weight is 388 g/mol. The van der Waals surface area contributed by atoms with E-state index in [-0.39, 0.29) is 6.10 Å². The van der Waals surface area contributed by atoms with Crippen LogP contribution in [0, 0.1) is 0 Å². The molecule has 0 aliphatic carbocycles. The number of aliphatic hydroxyl groups is 1. The van der Waals surface area contributed by atoms with Crippen molar-refractivity contribution in [2.75, 3.05) is 0 Å². The first kappa shape index (κ1) is 19.1. The molecular formula is C23H24N4O2. The number of hydrogen-bond acceptors (Lipinski definition) is 5. The van der Waals surface area contributed by atoms with Gasteiger partial charge in [-0.15, -0.1) is 0 Å². The molecule has 0 aliphatic heterocycles. The van der Waals surface area contributed by atoms with Crippen molar-refractivity contribution in [1.29, 1.82) is 0 Å². The van der Waals surface area contributed by atoms with Crippen LogP contribution in [-0.2, 0) is 7.05 Å². The molecule has 6 heteroatoms. The summed E-state index contributed by atoms with van der Waals surface area (Å²) >= 11 is 0. The molecule has 0 unspecified atom stereocenters. The van der Waals surface area contributed by atoms with Crippen LogP contribution in [-0.4, -0.2) is 31.0 Å². The van der Waals surface area contributed by atoms with Gasteiger partial charge in [0.1, 0.15) is 17.8 Å². The molecule has 0 amide bonds. The van der Waals surface area contributed by atoms with Gasteiger partial charge in [-0.05, 0) is 26.8 Å². The molecule has 0 radical (unpaired) electrons. The van der Waals surface area contributed by atoms with Gasteiger partial charge >= 0.3 is 0 Å². The van der Waals surface area contributed by atoms with Gasteiger partial charge in [0.25, 0.3) is 0 Å². The Balaban J connectivity index is 1.96. The number of aromatic nitrogens is 4. The van der Waals surface area contributed by atoms with Gasteiger partial charge in [-0.2, -0.15) is 5.10 Å². The van der Waals surface area contributed by atoms with Crippen LogP contribution in [0.3, 0.4) is 0 Å². The van der Waals surface area contributed by atoms with Gasteiger partial charge in [0.15, 0.2) is 0 Å². The summed E-state index contributed by atoms with van der Waals surface area (Å²) in [6.07, 6.45) is 2.84. The third-order valence-electron chi connectivity index (χ3n) is 4.71. The van der Waals surface area contributed by atoms with Crippen molar-refractivity contribution >= 4 is 10.9 Å². The molecule has 29 heavy (non-hydrogen) atoms. The molecule has 0 saturated heterocycles. The Morgan fingerprint density at radius 3 is 2.45 bits per heavy atom. The minimum Gasteiger partial charge on any atom is -0.491 e. The van der Waals surface area contributed by atoms with Crippen molar-refractivity contribution in [3.05, 3.63) is 60.6 Å². The molecule has 1 atom stereocenters. The standard InChI is InChI=1S/C23H24N4O2/c1-14(2)29-21-11-20-18(10-17(21)15(3)28)23(25-13-24-20)19-12-27(4)26-22(19)16-8-6-5-7-9-16/h5-15,28H,1-4H3/t15-/m1/s1. The fourth-order valence-corrected chi connectivity index (χ4v) is 3.47. The Bertz CT molecular complexity index is 1150. The maximum atomic E-state index is 10.3. The van der Waals surface area contributed by atoms with E-state index in [1.165, 1.54) is 0 Å². The summed E-state index contributed by atoms with van der Waals surface area (Å²) in [5.41, 5.74) is 5.05. The predicted octanol–water partition coefficient (Wildman–Crippen LogP) is 4.54. The lowest BCUT2D eigenvalue weighted by molar-refractivity contribution is 0.183. The normalized spacial score (nSPS) is 12.5. The van der Waals surface area contributed by atoms with Gasteiger partial charge in [-0.3, -0.25) is 4.68 Å². The third kappa shape index (κ3) is 3.71. The summed E-state index contributed by atoms with van der Waals surface area (Å²) in [5.74, 6) is 0.640. The minimum atomic E-state index is -0.677. The first-order chi connectivity index (χ1) is 13.9. The zero-order valence-corrected chi connectivity index (χ0v) is 17.0. The number of nitrogens with zero attached hydrogens (tertiary/aromatic N) is 4. The van der Waals surface area contributed by atoms with Crippen molar-refractivity contribution in [1.82, 2.24) is 19.7 Å². The Morgan fingerprint density at radius 1 is 1.00 bits per heavy atom. The summed E-state index contributed by atoms with van der Waals surface area (Å²) < 4.78 is 7.71. The monoisotopic (exact) mass is 388 g/mol. The fraction of sp³-hybridized carbons (Fsp3) is 0.261. The SMILES string of the molecule is CC(C)Oc1cc2ncnc(-c3cn(C)nc3-c3ccccc3)c2cc1[C@@H](C)O. The second-order valence-corrected chi connectivity index (χ2v) is 7.40. The molecule has 2 aromatic heterocycles. The zero-order chi connectivity index (χ0) is 20.5. The molecule has 6 nitrogen and oxygen atoms in total. The maximum Gasteiger partial charge on any atom is 0.127 e. The van der Waals surface area contributed by atoms with Crippen molar-refractivity contribution in [3.8, 4) is 28.3 Å². The fourth-order valence-electron chi connectivity index (χ4n) is 3.47. The number of fused-ring (bicyclic) bond motifs is 1. The van der Waals surface area contributed by atoms with Crippen LogP contribution in [0.4, 0.5) is 0 Å². The molecule has 0 spiro atoms. The lowest BCUT2D eigenvalue weighted by atomic mass is 9.99. The first-order valence-corrected chi connectivity index (χ1v) is 9.67. The Hall–Kier alpha value is -3.25. The molecule has 0 aliphatic rings. The first-order valence-electron chi connectivity index (χ1n) is 9.67. The summed E-state index contributed by atoms with van der Waals surface area (Å²) in [4.78, 5) is 9.03. The molecule has 4 aromatic rings. The topological polar surface area (TPSA) is 73.1 Å². The molecule has 0 fully saturated rings. The van der Waals surface area contributed by atoms with Gasteiger partial charge in [0.2, 0.25) is 0 Å². The van der Waals surface area contributed by atoms with E-state index in [4.69, 9.17) is 4.74 Å². The lowest BCUT2D eigenvalue weighted by Crippen LogP contribution is -2.09. The molecule has 148 valence electrons. The molecule has 2 aromatic carbocycles. The van der Waals surface area contributed by atoms with E-state index in [9.17, 15) is 5.11 Å². The third-order valence-corrected chi connectivity index (χ3v) is 4.71. The summed E-state index contributed by atoms with van der Waals surface area (Å²) in [5, 5.41) is 15.9. The highest BCUT2D eigenvalue weighted by atomic mass is 16.5. The average Bonchev–Trinajstić information content (AvgIpc) is 3.08. The molecule has 2 heterocycles. The predicted molar refractivity (Wildman–Crippen MR) is 114 cm³/mol. The van der Waals surface area contributed by atoms with E-state index in [0.717, 1.165) is 33.4 Å². The Kier molecular flexibility index (Phi) is 5.03. The van der Waals surface area contributed by atoms with E-state index < -0.39 is 6.10 Å². The van der Waals surface area contributed by atoms with Crippen LogP contribution in [0.1, 0.15) is 32.4 Å². The second-order valence-electron chi connectivity index (χ2n) is 7.40. The number of rotatable bonds is 5. The van der Waals surface area contributed by atoms with E-state index in [0.29, 0.717) is 11.3 Å². The van der Waals surface area contributed by atoms with Gasteiger partial charge in [-0.25, -0.2) is 9.97 Å². The van der Waals surface area contributed by atoms with Crippen LogP contribution in [0.15, 0.2) is 55.0 Å². The highest BCUT2D eigenvalue weighted by molar-refractivity contribution is 5.96. The largest absolute Gasteiger partial charge is 0.491 e. The summed E-state index contributed by atoms with van der Waals surface area (Å²) in [6, 6.07) is 13.8. The molecule has 4 rings (SSSR count). The van der Waals surface area contributed by atoms with E-state index in [2.05, 4.69) is 15.1 Å². The number of aryl methyl sites for hydroxylation is 1. The maximum absolute atomic E-state index is 10.3. The zero-order valence-electron chi connectivity index (χ0n) is 17.0. The van der Waals surface area contributed by atoms with E-state index in [1.54, 1.807) is 17.9 Å². The minimum absolute atomic E-state index is 0.00531. The van der Waals surface area contributed by atoms with Crippen molar-refractivity contribution in [2.45, 2.75) is 33.0 Å². The van der Waals surface area contributed by atoms with Crippen LogP contribution in [0.25, 0.3) is 33.4 Å². The molecule has 0 bridgehead atoms. The summed E-state index contributed by atoms with van der Waals surface area (Å²) in [6.45, 7) is 5.66. The number of aliphatic hydroxyl groups excluding tert-OH is 1. The highest BCUT2D eigenvalue weighted by Gasteiger charge is 2.19. The molecule has 1 N–H and O–H groups in total. The van der Waals surface area contributed by atoms with Gasteiger partial charge in [0, 0.05) is 41.4 Å². The van der Waals surface area contributed by atoms with E-state index >= 15 is 0 Å². The number of benzene rings is 2. The van der Waals surface area contributed by atoms with Gasteiger partial charge in [0.05, 0.1) is 23.4 Å².